The van der Waals surface area contributed by atoms with Gasteiger partial charge in [-0.05, 0) is 72.6 Å². The highest BCUT2D eigenvalue weighted by Gasteiger charge is 2.37. The molecule has 0 heterocycles. The molecule has 2 atom stereocenters. The van der Waals surface area contributed by atoms with Gasteiger partial charge in [0, 0.05) is 27.1 Å². The summed E-state index contributed by atoms with van der Waals surface area (Å²) in [6, 6.07) is -2.52. The summed E-state index contributed by atoms with van der Waals surface area (Å²) in [5.74, 6) is -4.51. The summed E-state index contributed by atoms with van der Waals surface area (Å²) in [5, 5.41) is 0. The molecule has 0 radical (unpaired) electrons. The standard InChI is InChI=1S/C30H40O2/c1-6-7-8-13-22(2)14-11-15-23(3)16-12-17-24(4)20-21-26-25(5)29(31)27-18-9-10-19-28(27)30(26)32/h6-7,9-10,14,16,18-20,25-26H,8,11-13,15,17,21H2,1-5H3/b7-6+,22-14+,23-16+,24-20+/i5D3,9D,10D,18D,19D. The minimum absolute atomic E-state index is 0.0155. The summed E-state index contributed by atoms with van der Waals surface area (Å²) >= 11 is 0. The molecule has 0 N–H and O–H groups in total. The molecule has 2 rings (SSSR count). The first-order chi connectivity index (χ1) is 18.2. The Morgan fingerprint density at radius 3 is 1.97 bits per heavy atom. The molecule has 2 unspecified atom stereocenters. The van der Waals surface area contributed by atoms with Crippen molar-refractivity contribution in [2.75, 3.05) is 0 Å². The normalized spacial score (nSPS) is 23.8. The number of allylic oxidation sites excluding steroid dienone is 8. The van der Waals surface area contributed by atoms with Crippen molar-refractivity contribution in [2.45, 2.75) is 79.5 Å². The van der Waals surface area contributed by atoms with Crippen molar-refractivity contribution in [3.05, 3.63) is 82.4 Å². The molecule has 1 aliphatic carbocycles. The maximum absolute atomic E-state index is 13.4. The first-order valence-corrected chi connectivity index (χ1v) is 11.5. The van der Waals surface area contributed by atoms with Gasteiger partial charge in [-0.2, -0.15) is 0 Å². The Kier molecular flexibility index (Phi) is 7.01. The van der Waals surface area contributed by atoms with E-state index in [1.54, 1.807) is 6.08 Å². The lowest BCUT2D eigenvalue weighted by Gasteiger charge is -2.27. The van der Waals surface area contributed by atoms with E-state index in [0.29, 0.717) is 0 Å². The number of Topliss-reactive ketones (excluding diaryl/α,β-unsaturated/α-hetero) is 2. The van der Waals surface area contributed by atoms with Gasteiger partial charge in [-0.3, -0.25) is 9.59 Å². The molecule has 0 saturated carbocycles. The summed E-state index contributed by atoms with van der Waals surface area (Å²) < 4.78 is 55.8. The van der Waals surface area contributed by atoms with Crippen LogP contribution in [-0.2, 0) is 0 Å². The molecule has 0 bridgehead atoms. The smallest absolute Gasteiger partial charge is 0.167 e. The zero-order valence-electron chi connectivity index (χ0n) is 26.8. The summed E-state index contributed by atoms with van der Waals surface area (Å²) in [6.45, 7) is 5.41. The number of benzene rings is 1. The number of fused-ring (bicyclic) bond motifs is 1. The van der Waals surface area contributed by atoms with Crippen molar-refractivity contribution in [3.63, 3.8) is 0 Å². The lowest BCUT2D eigenvalue weighted by atomic mass is 9.73. The van der Waals surface area contributed by atoms with Crippen LogP contribution in [0, 0.1) is 11.8 Å². The number of ketones is 2. The van der Waals surface area contributed by atoms with Crippen LogP contribution in [-0.4, -0.2) is 11.6 Å². The average Bonchev–Trinajstić information content (AvgIpc) is 2.85. The molecule has 0 saturated heterocycles. The van der Waals surface area contributed by atoms with E-state index < -0.39 is 65.6 Å². The second-order valence-electron chi connectivity index (χ2n) is 8.63. The predicted molar refractivity (Wildman–Crippen MR) is 136 cm³/mol. The monoisotopic (exact) mass is 439 g/mol. The van der Waals surface area contributed by atoms with Gasteiger partial charge < -0.3 is 0 Å². The third-order valence-electron chi connectivity index (χ3n) is 5.93. The van der Waals surface area contributed by atoms with Crippen molar-refractivity contribution in [3.8, 4) is 0 Å². The van der Waals surface area contributed by atoms with Gasteiger partial charge in [0.2, 0.25) is 0 Å². The van der Waals surface area contributed by atoms with Crippen LogP contribution in [0.4, 0.5) is 0 Å². The van der Waals surface area contributed by atoms with Crippen LogP contribution in [0.1, 0.15) is 110 Å². The van der Waals surface area contributed by atoms with Gasteiger partial charge in [0.05, 0.1) is 5.48 Å². The molecule has 2 heteroatoms. The van der Waals surface area contributed by atoms with Gasteiger partial charge in [-0.15, -0.1) is 0 Å². The quantitative estimate of drug-likeness (QED) is 0.324. The zero-order chi connectivity index (χ0) is 29.5. The summed E-state index contributed by atoms with van der Waals surface area (Å²) in [6.07, 6.45) is 16.1. The van der Waals surface area contributed by atoms with Gasteiger partial charge in [0.25, 0.3) is 0 Å². The second kappa shape index (κ2) is 13.2. The number of hydrogen-bond acceptors (Lipinski definition) is 2. The van der Waals surface area contributed by atoms with E-state index in [9.17, 15) is 9.59 Å². The Labute approximate surface area is 205 Å². The van der Waals surface area contributed by atoms with Crippen LogP contribution in [0.2, 0.25) is 0 Å². The molecule has 0 aromatic heterocycles. The maximum atomic E-state index is 13.4. The molecule has 2 nitrogen and oxygen atoms in total. The summed E-state index contributed by atoms with van der Waals surface area (Å²) in [4.78, 5) is 26.6. The SMILES string of the molecule is [2H]c1c([2H])c([2H])c2c(c1[2H])C(=O)C(C/C=C(\C)CC/C=C(\C)CC/C=C(\C)CC/C=C/C)C(C([2H])([2H])[2H])C2=O. The van der Waals surface area contributed by atoms with Gasteiger partial charge in [-0.1, -0.05) is 78.1 Å². The van der Waals surface area contributed by atoms with Gasteiger partial charge in [0.1, 0.15) is 0 Å². The number of carbonyl (C=O) groups excluding carboxylic acids is 2. The molecule has 0 spiro atoms. The van der Waals surface area contributed by atoms with E-state index >= 15 is 0 Å². The van der Waals surface area contributed by atoms with Crippen LogP contribution in [0.3, 0.4) is 0 Å². The summed E-state index contributed by atoms with van der Waals surface area (Å²) in [5.41, 5.74) is 2.74. The minimum Gasteiger partial charge on any atom is -0.294 e. The Morgan fingerprint density at radius 2 is 1.41 bits per heavy atom. The molecule has 1 aromatic carbocycles. The number of hydrogen-bond donors (Lipinski definition) is 0. The molecule has 172 valence electrons. The van der Waals surface area contributed by atoms with E-state index in [2.05, 4.69) is 38.2 Å². The Bertz CT molecular complexity index is 1200. The molecule has 0 fully saturated rings. The highest BCUT2D eigenvalue weighted by molar-refractivity contribution is 6.15. The van der Waals surface area contributed by atoms with Crippen molar-refractivity contribution in [1.29, 1.82) is 0 Å². The Balaban J connectivity index is 2.12. The van der Waals surface area contributed by atoms with Crippen molar-refractivity contribution < 1.29 is 19.2 Å². The van der Waals surface area contributed by atoms with Gasteiger partial charge >= 0.3 is 0 Å². The van der Waals surface area contributed by atoms with Crippen molar-refractivity contribution in [2.24, 2.45) is 11.8 Å². The van der Waals surface area contributed by atoms with E-state index in [0.717, 1.165) is 44.1 Å². The molecular weight excluding hydrogens is 392 g/mol. The highest BCUT2D eigenvalue weighted by Crippen LogP contribution is 2.32. The van der Waals surface area contributed by atoms with E-state index in [1.807, 2.05) is 13.8 Å². The number of carbonyl (C=O) groups is 2. The first-order valence-electron chi connectivity index (χ1n) is 15.0. The third-order valence-corrected chi connectivity index (χ3v) is 5.93. The number of rotatable bonds is 11. The van der Waals surface area contributed by atoms with Crippen molar-refractivity contribution in [1.82, 2.24) is 0 Å². The van der Waals surface area contributed by atoms with E-state index in [-0.39, 0.29) is 6.42 Å². The van der Waals surface area contributed by atoms with E-state index in [1.165, 1.54) is 11.1 Å². The molecular formula is C30H40O2. The van der Waals surface area contributed by atoms with Gasteiger partial charge in [-0.25, -0.2) is 0 Å². The van der Waals surface area contributed by atoms with Crippen LogP contribution in [0.15, 0.2) is 71.3 Å². The summed E-state index contributed by atoms with van der Waals surface area (Å²) in [7, 11) is 0. The fourth-order valence-corrected chi connectivity index (χ4v) is 3.80. The topological polar surface area (TPSA) is 34.1 Å². The van der Waals surface area contributed by atoms with Gasteiger partial charge in [0.15, 0.2) is 11.6 Å². The fourth-order valence-electron chi connectivity index (χ4n) is 3.80. The van der Waals surface area contributed by atoms with Crippen LogP contribution < -0.4 is 0 Å². The van der Waals surface area contributed by atoms with Crippen LogP contribution in [0.25, 0.3) is 0 Å². The fraction of sp³-hybridized carbons (Fsp3) is 0.467. The second-order valence-corrected chi connectivity index (χ2v) is 8.63. The highest BCUT2D eigenvalue weighted by atomic mass is 16.1. The lowest BCUT2D eigenvalue weighted by Crippen LogP contribution is -2.34. The molecule has 1 aliphatic rings. The predicted octanol–water partition coefficient (Wildman–Crippen LogP) is 8.46. The molecule has 32 heavy (non-hydrogen) atoms. The zero-order valence-corrected chi connectivity index (χ0v) is 19.8. The Morgan fingerprint density at radius 1 is 0.875 bits per heavy atom. The largest absolute Gasteiger partial charge is 0.294 e. The molecule has 0 aliphatic heterocycles. The molecule has 1 aromatic rings. The average molecular weight is 440 g/mol. The van der Waals surface area contributed by atoms with Crippen molar-refractivity contribution >= 4 is 11.6 Å². The third kappa shape index (κ3) is 7.58. The lowest BCUT2D eigenvalue weighted by molar-refractivity contribution is 0.0750. The molecule has 0 amide bonds. The van der Waals surface area contributed by atoms with Crippen LogP contribution in [0.5, 0.6) is 0 Å². The first kappa shape index (κ1) is 17.1. The van der Waals surface area contributed by atoms with E-state index in [4.69, 9.17) is 9.60 Å². The maximum Gasteiger partial charge on any atom is 0.167 e. The Hall–Kier alpha value is -2.48. The minimum atomic E-state index is -2.79. The van der Waals surface area contributed by atoms with Crippen LogP contribution >= 0.6 is 0 Å².